The molecular formula is C14H16BrNO3S2. The molecule has 0 atom stereocenters. The first-order valence-electron chi connectivity index (χ1n) is 6.39. The van der Waals surface area contributed by atoms with Crippen LogP contribution in [0.4, 0.5) is 0 Å². The molecule has 21 heavy (non-hydrogen) atoms. The summed E-state index contributed by atoms with van der Waals surface area (Å²) in [5, 5.41) is 0. The minimum Gasteiger partial charge on any atom is -0.494 e. The van der Waals surface area contributed by atoms with Crippen LogP contribution in [0.5, 0.6) is 5.75 Å². The lowest BCUT2D eigenvalue weighted by Gasteiger charge is -2.07. The van der Waals surface area contributed by atoms with E-state index in [4.69, 9.17) is 4.74 Å². The summed E-state index contributed by atoms with van der Waals surface area (Å²) in [6.07, 6.45) is 0. The van der Waals surface area contributed by atoms with Crippen molar-refractivity contribution >= 4 is 37.3 Å². The number of benzene rings is 1. The maximum atomic E-state index is 12.2. The third-order valence-electron chi connectivity index (χ3n) is 2.78. The molecule has 2 aromatic rings. The van der Waals surface area contributed by atoms with Gasteiger partial charge in [-0.25, -0.2) is 13.1 Å². The quantitative estimate of drug-likeness (QED) is 0.819. The van der Waals surface area contributed by atoms with E-state index >= 15 is 0 Å². The molecule has 2 rings (SSSR count). The molecule has 0 aliphatic carbocycles. The molecule has 0 aliphatic heterocycles. The Hall–Kier alpha value is -0.890. The summed E-state index contributed by atoms with van der Waals surface area (Å²) in [7, 11) is -3.49. The number of rotatable bonds is 6. The van der Waals surface area contributed by atoms with Gasteiger partial charge in [-0.15, -0.1) is 11.3 Å². The highest BCUT2D eigenvalue weighted by Gasteiger charge is 2.17. The zero-order valence-electron chi connectivity index (χ0n) is 11.7. The summed E-state index contributed by atoms with van der Waals surface area (Å²) in [6, 6.07) is 9.05. The van der Waals surface area contributed by atoms with Gasteiger partial charge in [0, 0.05) is 6.54 Å². The maximum absolute atomic E-state index is 12.2. The molecule has 0 aliphatic rings. The number of nitrogens with one attached hydrogen (secondary N) is 1. The Labute approximate surface area is 137 Å². The zero-order valence-corrected chi connectivity index (χ0v) is 14.9. The van der Waals surface area contributed by atoms with Crippen LogP contribution in [0.25, 0.3) is 0 Å². The van der Waals surface area contributed by atoms with Crippen LogP contribution >= 0.6 is 27.3 Å². The van der Waals surface area contributed by atoms with E-state index in [-0.39, 0.29) is 6.54 Å². The smallest absolute Gasteiger partial charge is 0.250 e. The fourth-order valence-corrected chi connectivity index (χ4v) is 5.01. The Morgan fingerprint density at radius 3 is 2.71 bits per heavy atom. The Bertz CT molecular complexity index is 706. The SMILES string of the molecule is CCOc1cccc(CNS(=O)(=O)c2cc(C)c(Br)s2)c1. The second-order valence-electron chi connectivity index (χ2n) is 4.43. The lowest BCUT2D eigenvalue weighted by Crippen LogP contribution is -2.22. The van der Waals surface area contributed by atoms with Crippen LogP contribution in [-0.2, 0) is 16.6 Å². The first-order chi connectivity index (χ1) is 9.92. The van der Waals surface area contributed by atoms with Crippen molar-refractivity contribution in [3.63, 3.8) is 0 Å². The van der Waals surface area contributed by atoms with Gasteiger partial charge >= 0.3 is 0 Å². The molecule has 1 aromatic heterocycles. The van der Waals surface area contributed by atoms with Gasteiger partial charge in [0.2, 0.25) is 10.0 Å². The molecule has 1 heterocycles. The van der Waals surface area contributed by atoms with Crippen LogP contribution in [-0.4, -0.2) is 15.0 Å². The Balaban J connectivity index is 2.09. The largest absolute Gasteiger partial charge is 0.494 e. The topological polar surface area (TPSA) is 55.4 Å². The summed E-state index contributed by atoms with van der Waals surface area (Å²) in [4.78, 5) is 0. The number of hydrogen-bond donors (Lipinski definition) is 1. The van der Waals surface area contributed by atoms with Crippen LogP contribution in [0.1, 0.15) is 18.1 Å². The molecule has 1 aromatic carbocycles. The van der Waals surface area contributed by atoms with Gasteiger partial charge < -0.3 is 4.74 Å². The molecular weight excluding hydrogens is 374 g/mol. The Morgan fingerprint density at radius 1 is 1.33 bits per heavy atom. The van der Waals surface area contributed by atoms with Crippen molar-refractivity contribution in [2.24, 2.45) is 0 Å². The van der Waals surface area contributed by atoms with Gasteiger partial charge in [0.25, 0.3) is 0 Å². The second kappa shape index (κ2) is 6.91. The number of aryl methyl sites for hydroxylation is 1. The van der Waals surface area contributed by atoms with Gasteiger partial charge in [-0.2, -0.15) is 0 Å². The zero-order chi connectivity index (χ0) is 15.5. The predicted octanol–water partition coefficient (Wildman–Crippen LogP) is 3.70. The van der Waals surface area contributed by atoms with Crippen molar-refractivity contribution in [3.8, 4) is 5.75 Å². The van der Waals surface area contributed by atoms with Crippen molar-refractivity contribution in [2.45, 2.75) is 24.6 Å². The van der Waals surface area contributed by atoms with E-state index in [0.29, 0.717) is 10.8 Å². The molecule has 7 heteroatoms. The van der Waals surface area contributed by atoms with E-state index in [0.717, 1.165) is 20.7 Å². The summed E-state index contributed by atoms with van der Waals surface area (Å²) in [6.45, 7) is 4.59. The number of thiophene rings is 1. The number of ether oxygens (including phenoxy) is 1. The molecule has 0 fully saturated rings. The van der Waals surface area contributed by atoms with Gasteiger partial charge in [0.15, 0.2) is 0 Å². The van der Waals surface area contributed by atoms with E-state index in [2.05, 4.69) is 20.7 Å². The van der Waals surface area contributed by atoms with Crippen molar-refractivity contribution in [2.75, 3.05) is 6.61 Å². The van der Waals surface area contributed by atoms with Crippen LogP contribution in [0, 0.1) is 6.92 Å². The fraction of sp³-hybridized carbons (Fsp3) is 0.286. The Kier molecular flexibility index (Phi) is 5.43. The average molecular weight is 390 g/mol. The summed E-state index contributed by atoms with van der Waals surface area (Å²) in [5.74, 6) is 0.740. The third-order valence-corrected chi connectivity index (χ3v) is 6.79. The first kappa shape index (κ1) is 16.5. The third kappa shape index (κ3) is 4.29. The number of halogens is 1. The normalized spacial score (nSPS) is 11.6. The molecule has 0 radical (unpaired) electrons. The Morgan fingerprint density at radius 2 is 2.10 bits per heavy atom. The van der Waals surface area contributed by atoms with Crippen LogP contribution in [0.2, 0.25) is 0 Å². The van der Waals surface area contributed by atoms with E-state index in [9.17, 15) is 8.42 Å². The van der Waals surface area contributed by atoms with Crippen molar-refractivity contribution in [1.29, 1.82) is 0 Å². The fourth-order valence-electron chi connectivity index (χ4n) is 1.73. The molecule has 0 saturated heterocycles. The maximum Gasteiger partial charge on any atom is 0.250 e. The minimum absolute atomic E-state index is 0.234. The monoisotopic (exact) mass is 389 g/mol. The summed E-state index contributed by atoms with van der Waals surface area (Å²) >= 11 is 4.55. The first-order valence-corrected chi connectivity index (χ1v) is 9.49. The lowest BCUT2D eigenvalue weighted by atomic mass is 10.2. The van der Waals surface area contributed by atoms with Gasteiger partial charge in [0.1, 0.15) is 9.96 Å². The molecule has 0 bridgehead atoms. The number of hydrogen-bond acceptors (Lipinski definition) is 4. The molecule has 1 N–H and O–H groups in total. The molecule has 0 amide bonds. The highest BCUT2D eigenvalue weighted by Crippen LogP contribution is 2.30. The van der Waals surface area contributed by atoms with E-state index in [1.807, 2.05) is 38.1 Å². The van der Waals surface area contributed by atoms with Gasteiger partial charge in [0.05, 0.1) is 10.4 Å². The van der Waals surface area contributed by atoms with Crippen molar-refractivity contribution < 1.29 is 13.2 Å². The minimum atomic E-state index is -3.49. The van der Waals surface area contributed by atoms with Crippen molar-refractivity contribution in [3.05, 3.63) is 45.2 Å². The van der Waals surface area contributed by atoms with Crippen molar-refractivity contribution in [1.82, 2.24) is 4.72 Å². The second-order valence-corrected chi connectivity index (χ2v) is 8.79. The highest BCUT2D eigenvalue weighted by atomic mass is 79.9. The van der Waals surface area contributed by atoms with Gasteiger partial charge in [-0.1, -0.05) is 12.1 Å². The highest BCUT2D eigenvalue weighted by molar-refractivity contribution is 9.11. The molecule has 4 nitrogen and oxygen atoms in total. The van der Waals surface area contributed by atoms with Gasteiger partial charge in [-0.05, 0) is 59.1 Å². The predicted molar refractivity (Wildman–Crippen MR) is 88.4 cm³/mol. The van der Waals surface area contributed by atoms with Gasteiger partial charge in [-0.3, -0.25) is 0 Å². The molecule has 0 unspecified atom stereocenters. The molecule has 0 saturated carbocycles. The standard InChI is InChI=1S/C14H16BrNO3S2/c1-3-19-12-6-4-5-11(8-12)9-16-21(17,18)13-7-10(2)14(15)20-13/h4-8,16H,3,9H2,1-2H3. The lowest BCUT2D eigenvalue weighted by molar-refractivity contribution is 0.340. The average Bonchev–Trinajstić information content (AvgIpc) is 2.78. The van der Waals surface area contributed by atoms with E-state index < -0.39 is 10.0 Å². The molecule has 0 spiro atoms. The number of sulfonamides is 1. The summed E-state index contributed by atoms with van der Waals surface area (Å²) < 4.78 is 33.6. The summed E-state index contributed by atoms with van der Waals surface area (Å²) in [5.41, 5.74) is 1.77. The van der Waals surface area contributed by atoms with Crippen LogP contribution < -0.4 is 9.46 Å². The van der Waals surface area contributed by atoms with E-state index in [1.54, 1.807) is 6.07 Å². The van der Waals surface area contributed by atoms with E-state index in [1.165, 1.54) is 11.3 Å². The van der Waals surface area contributed by atoms with Crippen LogP contribution in [0.3, 0.4) is 0 Å². The molecule has 114 valence electrons. The van der Waals surface area contributed by atoms with Crippen LogP contribution in [0.15, 0.2) is 38.3 Å².